The molecule has 3 aromatic rings. The molecule has 1 fully saturated rings. The fourth-order valence-electron chi connectivity index (χ4n) is 3.90. The number of ketones is 1. The number of carbonyl (C=O) groups excluding carboxylic acids is 3. The highest BCUT2D eigenvalue weighted by molar-refractivity contribution is 6.43. The van der Waals surface area contributed by atoms with E-state index in [4.69, 9.17) is 9.47 Å². The van der Waals surface area contributed by atoms with Crippen LogP contribution >= 0.6 is 0 Å². The van der Waals surface area contributed by atoms with E-state index in [1.807, 2.05) is 48.5 Å². The third-order valence-corrected chi connectivity index (χ3v) is 5.58. The zero-order chi connectivity index (χ0) is 22.7. The van der Waals surface area contributed by atoms with Gasteiger partial charge in [0, 0.05) is 43.5 Å². The van der Waals surface area contributed by atoms with Crippen LogP contribution in [0.4, 0.5) is 4.79 Å². The number of methoxy groups -OCH3 is 1. The Morgan fingerprint density at radius 3 is 2.28 bits per heavy atom. The van der Waals surface area contributed by atoms with E-state index in [9.17, 15) is 14.4 Å². The van der Waals surface area contributed by atoms with Crippen LogP contribution in [0.2, 0.25) is 0 Å². The number of fused-ring (bicyclic) bond motifs is 1. The molecule has 32 heavy (non-hydrogen) atoms. The smallest absolute Gasteiger partial charge is 0.409 e. The highest BCUT2D eigenvalue weighted by Gasteiger charge is 2.32. The summed E-state index contributed by atoms with van der Waals surface area (Å²) in [5.74, 6) is -0.445. The van der Waals surface area contributed by atoms with E-state index in [0.29, 0.717) is 36.7 Å². The molecule has 2 aromatic heterocycles. The minimum atomic E-state index is -0.577. The number of nitrogens with zero attached hydrogens (tertiary/aromatic N) is 3. The molecule has 166 valence electrons. The molecule has 0 saturated carbocycles. The first-order valence-electron chi connectivity index (χ1n) is 10.5. The number of rotatable bonds is 5. The molecule has 0 N–H and O–H groups in total. The summed E-state index contributed by atoms with van der Waals surface area (Å²) in [6, 6.07) is 14.9. The van der Waals surface area contributed by atoms with E-state index in [0.717, 1.165) is 11.1 Å². The molecule has 0 unspecified atom stereocenters. The van der Waals surface area contributed by atoms with Crippen LogP contribution in [0, 0.1) is 0 Å². The monoisotopic (exact) mass is 435 g/mol. The van der Waals surface area contributed by atoms with Crippen molar-refractivity contribution in [2.24, 2.45) is 0 Å². The van der Waals surface area contributed by atoms with Crippen molar-refractivity contribution in [3.63, 3.8) is 0 Å². The predicted molar refractivity (Wildman–Crippen MR) is 119 cm³/mol. The lowest BCUT2D eigenvalue weighted by atomic mass is 10.0. The normalized spacial score (nSPS) is 13.8. The van der Waals surface area contributed by atoms with Crippen molar-refractivity contribution in [1.29, 1.82) is 0 Å². The second-order valence-electron chi connectivity index (χ2n) is 7.44. The van der Waals surface area contributed by atoms with Crippen molar-refractivity contribution in [3.05, 3.63) is 60.4 Å². The van der Waals surface area contributed by atoms with Gasteiger partial charge in [0.25, 0.3) is 11.7 Å². The molecule has 3 heterocycles. The van der Waals surface area contributed by atoms with Crippen molar-refractivity contribution in [3.8, 4) is 16.9 Å². The molecule has 4 rings (SSSR count). The van der Waals surface area contributed by atoms with Gasteiger partial charge in [-0.3, -0.25) is 9.59 Å². The summed E-state index contributed by atoms with van der Waals surface area (Å²) in [5.41, 5.74) is 2.64. The van der Waals surface area contributed by atoms with Crippen molar-refractivity contribution in [2.75, 3.05) is 39.9 Å². The maximum atomic E-state index is 13.4. The lowest BCUT2D eigenvalue weighted by molar-refractivity contribution is -0.128. The predicted octanol–water partition coefficient (Wildman–Crippen LogP) is 3.10. The molecular weight excluding hydrogens is 410 g/mol. The highest BCUT2D eigenvalue weighted by atomic mass is 16.6. The Balaban J connectivity index is 1.62. The van der Waals surface area contributed by atoms with E-state index in [-0.39, 0.29) is 13.1 Å². The summed E-state index contributed by atoms with van der Waals surface area (Å²) in [5, 5.41) is 0. The first-order valence-corrected chi connectivity index (χ1v) is 10.5. The number of hydrogen-bond acceptors (Lipinski definition) is 5. The summed E-state index contributed by atoms with van der Waals surface area (Å²) in [4.78, 5) is 41.5. The Hall–Kier alpha value is -3.81. The maximum absolute atomic E-state index is 13.4. The highest BCUT2D eigenvalue weighted by Crippen LogP contribution is 2.30. The minimum Gasteiger partial charge on any atom is -0.497 e. The van der Waals surface area contributed by atoms with Crippen molar-refractivity contribution < 1.29 is 23.9 Å². The molecule has 1 saturated heterocycles. The molecule has 8 nitrogen and oxygen atoms in total. The quantitative estimate of drug-likeness (QED) is 0.455. The van der Waals surface area contributed by atoms with Crippen molar-refractivity contribution in [1.82, 2.24) is 14.2 Å². The number of hydrogen-bond donors (Lipinski definition) is 0. The van der Waals surface area contributed by atoms with Crippen LogP contribution in [0.25, 0.3) is 16.6 Å². The number of Topliss-reactive ketones (excluding diaryl/α,β-unsaturated/α-hetero) is 1. The Bertz CT molecular complexity index is 1140. The van der Waals surface area contributed by atoms with Crippen LogP contribution < -0.4 is 4.74 Å². The zero-order valence-electron chi connectivity index (χ0n) is 18.1. The van der Waals surface area contributed by atoms with Crippen LogP contribution in [-0.4, -0.2) is 71.9 Å². The summed E-state index contributed by atoms with van der Waals surface area (Å²) in [6.45, 7) is 3.27. The summed E-state index contributed by atoms with van der Waals surface area (Å²) >= 11 is 0. The number of aromatic nitrogens is 1. The Morgan fingerprint density at radius 2 is 1.62 bits per heavy atom. The van der Waals surface area contributed by atoms with Gasteiger partial charge in [0.2, 0.25) is 0 Å². The van der Waals surface area contributed by atoms with E-state index in [2.05, 4.69) is 0 Å². The Morgan fingerprint density at radius 1 is 0.938 bits per heavy atom. The van der Waals surface area contributed by atoms with Gasteiger partial charge in [-0.25, -0.2) is 4.79 Å². The molecule has 0 atom stereocenters. The van der Waals surface area contributed by atoms with Crippen LogP contribution in [0.1, 0.15) is 17.4 Å². The Labute approximate surface area is 185 Å². The maximum Gasteiger partial charge on any atom is 0.409 e. The first kappa shape index (κ1) is 21.4. The largest absolute Gasteiger partial charge is 0.497 e. The van der Waals surface area contributed by atoms with Gasteiger partial charge in [-0.1, -0.05) is 18.2 Å². The standard InChI is InChI=1S/C24H25N3O5/c1-3-32-24(30)26-14-12-25(13-15-26)23(29)22(28)21-20(16-18-6-4-5-11-27(18)21)17-7-9-19(31-2)10-8-17/h4-11,16H,3,12-15H2,1-2H3. The second-order valence-corrected chi connectivity index (χ2v) is 7.44. The molecular formula is C24H25N3O5. The van der Waals surface area contributed by atoms with Gasteiger partial charge in [0.05, 0.1) is 13.7 Å². The lowest BCUT2D eigenvalue weighted by Gasteiger charge is -2.33. The Kier molecular flexibility index (Phi) is 6.11. The van der Waals surface area contributed by atoms with Gasteiger partial charge in [-0.2, -0.15) is 0 Å². The van der Waals surface area contributed by atoms with Crippen molar-refractivity contribution >= 4 is 23.3 Å². The third kappa shape index (κ3) is 4.03. The fraction of sp³-hybridized carbons (Fsp3) is 0.292. The van der Waals surface area contributed by atoms with Crippen LogP contribution in [0.3, 0.4) is 0 Å². The number of pyridine rings is 1. The van der Waals surface area contributed by atoms with Crippen molar-refractivity contribution in [2.45, 2.75) is 6.92 Å². The van der Waals surface area contributed by atoms with Crippen LogP contribution in [-0.2, 0) is 9.53 Å². The third-order valence-electron chi connectivity index (χ3n) is 5.58. The van der Waals surface area contributed by atoms with Crippen LogP contribution in [0.5, 0.6) is 5.75 Å². The van der Waals surface area contributed by atoms with Gasteiger partial charge in [0.15, 0.2) is 0 Å². The SMILES string of the molecule is CCOC(=O)N1CCN(C(=O)C(=O)c2c(-c3ccc(OC)cc3)cc3ccccn23)CC1. The molecule has 1 aromatic carbocycles. The number of carbonyl (C=O) groups is 3. The molecule has 0 aliphatic carbocycles. The molecule has 0 bridgehead atoms. The number of amides is 2. The second kappa shape index (κ2) is 9.13. The van der Waals surface area contributed by atoms with Gasteiger partial charge in [0.1, 0.15) is 11.4 Å². The van der Waals surface area contributed by atoms with E-state index >= 15 is 0 Å². The molecule has 0 radical (unpaired) electrons. The summed E-state index contributed by atoms with van der Waals surface area (Å²) in [7, 11) is 1.59. The number of benzene rings is 1. The minimum absolute atomic E-state index is 0.282. The van der Waals surface area contributed by atoms with E-state index < -0.39 is 17.8 Å². The molecule has 1 aliphatic rings. The van der Waals surface area contributed by atoms with E-state index in [1.54, 1.807) is 29.5 Å². The van der Waals surface area contributed by atoms with Gasteiger partial charge in [-0.05, 0) is 42.8 Å². The summed E-state index contributed by atoms with van der Waals surface area (Å²) < 4.78 is 12.0. The molecule has 2 amide bonds. The molecule has 1 aliphatic heterocycles. The average molecular weight is 435 g/mol. The van der Waals surface area contributed by atoms with Gasteiger partial charge >= 0.3 is 6.09 Å². The fourth-order valence-corrected chi connectivity index (χ4v) is 3.90. The summed E-state index contributed by atoms with van der Waals surface area (Å²) in [6.07, 6.45) is 1.38. The molecule has 8 heteroatoms. The van der Waals surface area contributed by atoms with Crippen LogP contribution in [0.15, 0.2) is 54.7 Å². The number of ether oxygens (including phenoxy) is 2. The van der Waals surface area contributed by atoms with Gasteiger partial charge < -0.3 is 23.7 Å². The zero-order valence-corrected chi connectivity index (χ0v) is 18.1. The number of piperazine rings is 1. The van der Waals surface area contributed by atoms with Gasteiger partial charge in [-0.15, -0.1) is 0 Å². The first-order chi connectivity index (χ1) is 15.5. The molecule has 0 spiro atoms. The lowest BCUT2D eigenvalue weighted by Crippen LogP contribution is -2.52. The topological polar surface area (TPSA) is 80.6 Å². The van der Waals surface area contributed by atoms with E-state index in [1.165, 1.54) is 4.90 Å². The average Bonchev–Trinajstić information content (AvgIpc) is 3.23.